The normalized spacial score (nSPS) is 10.5. The van der Waals surface area contributed by atoms with E-state index < -0.39 is 26.6 Å². The Morgan fingerprint density at radius 1 is 1.47 bits per heavy atom. The van der Waals surface area contributed by atoms with Crippen LogP contribution >= 0.6 is 0 Å². The number of rotatable bonds is 3. The highest BCUT2D eigenvalue weighted by Gasteiger charge is 2.18. The van der Waals surface area contributed by atoms with Gasteiger partial charge in [0.25, 0.3) is 16.1 Å². The minimum atomic E-state index is -4.37. The van der Waals surface area contributed by atoms with E-state index in [1.165, 1.54) is 13.0 Å². The van der Waals surface area contributed by atoms with E-state index in [2.05, 4.69) is 9.71 Å². The fraction of sp³-hybridized carbons (Fsp3) is 0.111. The van der Waals surface area contributed by atoms with Gasteiger partial charge in [-0.15, -0.1) is 0 Å². The number of halogens is 1. The van der Waals surface area contributed by atoms with Gasteiger partial charge in [0.15, 0.2) is 0 Å². The van der Waals surface area contributed by atoms with Gasteiger partial charge in [0.1, 0.15) is 10.7 Å². The Labute approximate surface area is 96.2 Å². The van der Waals surface area contributed by atoms with Crippen LogP contribution < -0.4 is 5.32 Å². The smallest absolute Gasteiger partial charge is 0.295 e. The van der Waals surface area contributed by atoms with Crippen molar-refractivity contribution in [3.8, 4) is 0 Å². The first-order chi connectivity index (χ1) is 7.86. The molecule has 0 radical (unpaired) electrons. The third-order valence-electron chi connectivity index (χ3n) is 1.69. The van der Waals surface area contributed by atoms with E-state index in [-0.39, 0.29) is 5.69 Å². The molecule has 17 heavy (non-hydrogen) atoms. The van der Waals surface area contributed by atoms with Gasteiger partial charge in [-0.05, 0) is 18.2 Å². The van der Waals surface area contributed by atoms with Crippen LogP contribution in [0.2, 0.25) is 0 Å². The molecule has 0 fully saturated rings. The number of nitrogens with one attached hydrogen (secondary N) is 1. The molecule has 0 aromatic heterocycles. The molecule has 1 N–H and O–H groups in total. The summed E-state index contributed by atoms with van der Waals surface area (Å²) in [6.45, 7) is 1.22. The quantitative estimate of drug-likeness (QED) is 0.641. The van der Waals surface area contributed by atoms with Crippen molar-refractivity contribution >= 4 is 27.7 Å². The second-order valence-electron chi connectivity index (χ2n) is 2.98. The largest absolute Gasteiger partial charge is 0.326 e. The lowest BCUT2D eigenvalue weighted by Crippen LogP contribution is -2.07. The summed E-state index contributed by atoms with van der Waals surface area (Å²) in [7, 11) is -4.37. The summed E-state index contributed by atoms with van der Waals surface area (Å²) in [6, 6.07) is 2.89. The van der Waals surface area contributed by atoms with E-state index in [9.17, 15) is 22.4 Å². The summed E-state index contributed by atoms with van der Waals surface area (Å²) in [4.78, 5) is 19.8. The molecule has 0 aliphatic heterocycles. The second-order valence-corrected chi connectivity index (χ2v) is 4.56. The van der Waals surface area contributed by atoms with Crippen LogP contribution in [0.15, 0.2) is 27.5 Å². The Morgan fingerprint density at radius 3 is 2.59 bits per heavy atom. The van der Waals surface area contributed by atoms with Gasteiger partial charge in [-0.2, -0.15) is 8.42 Å². The van der Waals surface area contributed by atoms with Crippen LogP contribution in [0.25, 0.3) is 0 Å². The fourth-order valence-electron chi connectivity index (χ4n) is 1.09. The summed E-state index contributed by atoms with van der Waals surface area (Å²) < 4.78 is 38.4. The lowest BCUT2D eigenvalue weighted by Gasteiger charge is -2.04. The van der Waals surface area contributed by atoms with E-state index >= 15 is 0 Å². The van der Waals surface area contributed by atoms with Crippen LogP contribution in [0.5, 0.6) is 0 Å². The average molecular weight is 258 g/mol. The summed E-state index contributed by atoms with van der Waals surface area (Å²) in [5.41, 5.74) is 0.101. The molecule has 0 atom stereocenters. The maximum absolute atomic E-state index is 13.4. The highest BCUT2D eigenvalue weighted by Crippen LogP contribution is 2.20. The molecule has 0 heterocycles. The van der Waals surface area contributed by atoms with Gasteiger partial charge >= 0.3 is 0 Å². The summed E-state index contributed by atoms with van der Waals surface area (Å²) in [6.07, 6.45) is 0.831. The van der Waals surface area contributed by atoms with Crippen molar-refractivity contribution in [2.24, 2.45) is 4.40 Å². The number of hydrogen-bond acceptors (Lipinski definition) is 4. The van der Waals surface area contributed by atoms with E-state index in [1.54, 1.807) is 0 Å². The molecule has 0 unspecified atom stereocenters. The number of amides is 1. The molecule has 1 aromatic rings. The zero-order chi connectivity index (χ0) is 13.1. The molecule has 90 valence electrons. The van der Waals surface area contributed by atoms with Crippen molar-refractivity contribution in [3.05, 3.63) is 24.0 Å². The zero-order valence-electron chi connectivity index (χ0n) is 8.60. The number of isocyanates is 1. The van der Waals surface area contributed by atoms with Crippen molar-refractivity contribution < 1.29 is 22.4 Å². The molecule has 0 aliphatic carbocycles. The third-order valence-corrected chi connectivity index (χ3v) is 2.89. The van der Waals surface area contributed by atoms with Gasteiger partial charge in [0, 0.05) is 12.6 Å². The SMILES string of the molecule is CC(=O)Nc1ccc(S(=O)(=O)N=C=O)c(F)c1. The maximum atomic E-state index is 13.4. The molecule has 0 saturated carbocycles. The van der Waals surface area contributed by atoms with Crippen LogP contribution in [0.4, 0.5) is 10.1 Å². The summed E-state index contributed by atoms with van der Waals surface area (Å²) in [5, 5.41) is 2.27. The van der Waals surface area contributed by atoms with Gasteiger partial charge in [0.05, 0.1) is 0 Å². The van der Waals surface area contributed by atoms with Crippen LogP contribution in [-0.4, -0.2) is 20.4 Å². The number of nitrogens with zero attached hydrogens (tertiary/aromatic N) is 1. The zero-order valence-corrected chi connectivity index (χ0v) is 9.41. The Bertz CT molecular complexity index is 605. The summed E-state index contributed by atoms with van der Waals surface area (Å²) in [5.74, 6) is -1.54. The van der Waals surface area contributed by atoms with E-state index in [1.807, 2.05) is 0 Å². The van der Waals surface area contributed by atoms with Crippen molar-refractivity contribution in [1.29, 1.82) is 0 Å². The van der Waals surface area contributed by atoms with E-state index in [0.29, 0.717) is 0 Å². The third kappa shape index (κ3) is 3.20. The Balaban J connectivity index is 3.23. The molecule has 0 spiro atoms. The minimum Gasteiger partial charge on any atom is -0.326 e. The predicted molar refractivity (Wildman–Crippen MR) is 56.0 cm³/mol. The van der Waals surface area contributed by atoms with Crippen molar-refractivity contribution in [2.75, 3.05) is 5.32 Å². The maximum Gasteiger partial charge on any atom is 0.295 e. The Hall–Kier alpha value is -2.05. The van der Waals surface area contributed by atoms with E-state index in [4.69, 9.17) is 0 Å². The number of hydrogen-bond donors (Lipinski definition) is 1. The van der Waals surface area contributed by atoms with Gasteiger partial charge in [-0.25, -0.2) is 9.18 Å². The molecule has 8 heteroatoms. The predicted octanol–water partition coefficient (Wildman–Crippen LogP) is 0.809. The van der Waals surface area contributed by atoms with Crippen LogP contribution in [0.3, 0.4) is 0 Å². The summed E-state index contributed by atoms with van der Waals surface area (Å²) >= 11 is 0. The second kappa shape index (κ2) is 4.86. The Kier molecular flexibility index (Phi) is 3.72. The van der Waals surface area contributed by atoms with Crippen molar-refractivity contribution in [3.63, 3.8) is 0 Å². The van der Waals surface area contributed by atoms with Crippen LogP contribution in [0.1, 0.15) is 6.92 Å². The highest BCUT2D eigenvalue weighted by molar-refractivity contribution is 7.90. The molecule has 0 aliphatic rings. The molecule has 1 amide bonds. The Morgan fingerprint density at radius 2 is 2.12 bits per heavy atom. The van der Waals surface area contributed by atoms with Crippen molar-refractivity contribution in [1.82, 2.24) is 0 Å². The molecule has 6 nitrogen and oxygen atoms in total. The van der Waals surface area contributed by atoms with Gasteiger partial charge < -0.3 is 5.32 Å². The lowest BCUT2D eigenvalue weighted by molar-refractivity contribution is -0.114. The highest BCUT2D eigenvalue weighted by atomic mass is 32.2. The first-order valence-corrected chi connectivity index (χ1v) is 5.72. The van der Waals surface area contributed by atoms with Gasteiger partial charge in [-0.1, -0.05) is 4.40 Å². The number of carbonyl (C=O) groups excluding carboxylic acids is 2. The molecular weight excluding hydrogens is 251 g/mol. The number of sulfonamides is 1. The molecule has 0 saturated heterocycles. The molecule has 1 aromatic carbocycles. The van der Waals surface area contributed by atoms with Gasteiger partial charge in [-0.3, -0.25) is 4.79 Å². The first-order valence-electron chi connectivity index (χ1n) is 4.28. The lowest BCUT2D eigenvalue weighted by atomic mass is 10.3. The van der Waals surface area contributed by atoms with E-state index in [0.717, 1.165) is 18.2 Å². The minimum absolute atomic E-state index is 0.101. The number of carbonyl (C=O) groups is 1. The van der Waals surface area contributed by atoms with Crippen LogP contribution in [0, 0.1) is 5.82 Å². The average Bonchev–Trinajstić information content (AvgIpc) is 2.15. The van der Waals surface area contributed by atoms with Gasteiger partial charge in [0.2, 0.25) is 5.91 Å². The molecule has 0 bridgehead atoms. The monoisotopic (exact) mass is 258 g/mol. The fourth-order valence-corrected chi connectivity index (χ4v) is 1.83. The molecule has 1 rings (SSSR count). The first kappa shape index (κ1) is 13.0. The topological polar surface area (TPSA) is 92.7 Å². The molecular formula is C9H7FN2O4S. The standard InChI is InChI=1S/C9H7FN2O4S/c1-6(14)12-7-2-3-9(8(10)4-7)17(15,16)11-5-13/h2-4H,1H3,(H,12,14). The number of anilines is 1. The van der Waals surface area contributed by atoms with Crippen LogP contribution in [-0.2, 0) is 19.6 Å². The van der Waals surface area contributed by atoms with Crippen molar-refractivity contribution in [2.45, 2.75) is 11.8 Å². The number of benzene rings is 1.